The number of rotatable bonds is 5. The van der Waals surface area contributed by atoms with Crippen molar-refractivity contribution in [3.8, 4) is 0 Å². The minimum absolute atomic E-state index is 0.00752. The Morgan fingerprint density at radius 3 is 2.46 bits per heavy atom. The molecule has 0 bridgehead atoms. The fourth-order valence-corrected chi connectivity index (χ4v) is 3.87. The Morgan fingerprint density at radius 1 is 1.19 bits per heavy atom. The number of carboxylic acids is 1. The number of likely N-dealkylation sites (tertiary alicyclic amines) is 1. The SMILES string of the molecule is CN(CC(=O)N1CCC(C(=O)O)CC1)C(=O)c1ccnn1C1CCCC1. The van der Waals surface area contributed by atoms with Crippen molar-refractivity contribution in [1.82, 2.24) is 19.6 Å². The number of aliphatic carboxylic acids is 1. The first-order chi connectivity index (χ1) is 12.5. The molecule has 2 heterocycles. The average Bonchev–Trinajstić information content (AvgIpc) is 3.32. The van der Waals surface area contributed by atoms with Gasteiger partial charge in [0.25, 0.3) is 5.91 Å². The lowest BCUT2D eigenvalue weighted by Crippen LogP contribution is -2.45. The Hall–Kier alpha value is -2.38. The van der Waals surface area contributed by atoms with Gasteiger partial charge in [0, 0.05) is 26.3 Å². The highest BCUT2D eigenvalue weighted by Gasteiger charge is 2.29. The van der Waals surface area contributed by atoms with Crippen molar-refractivity contribution in [2.75, 3.05) is 26.7 Å². The summed E-state index contributed by atoms with van der Waals surface area (Å²) in [5.74, 6) is -1.52. The minimum atomic E-state index is -0.801. The summed E-state index contributed by atoms with van der Waals surface area (Å²) in [6.07, 6.45) is 6.93. The van der Waals surface area contributed by atoms with Crippen molar-refractivity contribution in [3.05, 3.63) is 18.0 Å². The Balaban J connectivity index is 1.57. The molecule has 2 amide bonds. The maximum absolute atomic E-state index is 12.8. The van der Waals surface area contributed by atoms with Crippen molar-refractivity contribution in [2.24, 2.45) is 5.92 Å². The highest BCUT2D eigenvalue weighted by molar-refractivity contribution is 5.95. The normalized spacial score (nSPS) is 18.9. The Kier molecular flexibility index (Phi) is 5.58. The molecule has 0 atom stereocenters. The molecule has 1 saturated carbocycles. The van der Waals surface area contributed by atoms with Gasteiger partial charge in [0.15, 0.2) is 0 Å². The largest absolute Gasteiger partial charge is 0.481 e. The van der Waals surface area contributed by atoms with Gasteiger partial charge in [-0.1, -0.05) is 12.8 Å². The van der Waals surface area contributed by atoms with Gasteiger partial charge in [-0.3, -0.25) is 19.1 Å². The zero-order valence-electron chi connectivity index (χ0n) is 15.1. The molecule has 8 heteroatoms. The second kappa shape index (κ2) is 7.88. The van der Waals surface area contributed by atoms with E-state index in [-0.39, 0.29) is 30.3 Å². The van der Waals surface area contributed by atoms with Crippen LogP contribution in [-0.4, -0.2) is 69.2 Å². The zero-order chi connectivity index (χ0) is 18.7. The summed E-state index contributed by atoms with van der Waals surface area (Å²) in [6.45, 7) is 0.849. The van der Waals surface area contributed by atoms with Crippen LogP contribution in [0.4, 0.5) is 0 Å². The van der Waals surface area contributed by atoms with E-state index >= 15 is 0 Å². The van der Waals surface area contributed by atoms with E-state index in [0.717, 1.165) is 25.7 Å². The highest BCUT2D eigenvalue weighted by atomic mass is 16.4. The van der Waals surface area contributed by atoms with Crippen LogP contribution in [-0.2, 0) is 9.59 Å². The first kappa shape index (κ1) is 18.4. The zero-order valence-corrected chi connectivity index (χ0v) is 15.1. The molecule has 8 nitrogen and oxygen atoms in total. The molecule has 26 heavy (non-hydrogen) atoms. The fourth-order valence-electron chi connectivity index (χ4n) is 3.87. The predicted molar refractivity (Wildman–Crippen MR) is 93.6 cm³/mol. The molecule has 0 aromatic carbocycles. The van der Waals surface area contributed by atoms with Crippen molar-refractivity contribution in [1.29, 1.82) is 0 Å². The lowest BCUT2D eigenvalue weighted by Gasteiger charge is -2.31. The predicted octanol–water partition coefficient (Wildman–Crippen LogP) is 1.39. The van der Waals surface area contributed by atoms with Crippen LogP contribution in [0.3, 0.4) is 0 Å². The van der Waals surface area contributed by atoms with Gasteiger partial charge in [-0.2, -0.15) is 5.10 Å². The first-order valence-corrected chi connectivity index (χ1v) is 9.27. The van der Waals surface area contributed by atoms with Gasteiger partial charge in [-0.05, 0) is 31.7 Å². The minimum Gasteiger partial charge on any atom is -0.481 e. The second-order valence-electron chi connectivity index (χ2n) is 7.25. The van der Waals surface area contributed by atoms with E-state index in [0.29, 0.717) is 31.6 Å². The lowest BCUT2D eigenvalue weighted by atomic mass is 9.97. The third-order valence-electron chi connectivity index (χ3n) is 5.48. The summed E-state index contributed by atoms with van der Waals surface area (Å²) in [6, 6.07) is 1.98. The number of carbonyl (C=O) groups excluding carboxylic acids is 2. The number of hydrogen-bond donors (Lipinski definition) is 1. The molecule has 2 aliphatic rings. The van der Waals surface area contributed by atoms with E-state index in [2.05, 4.69) is 5.10 Å². The molecule has 1 aromatic rings. The summed E-state index contributed by atoms with van der Waals surface area (Å²) in [4.78, 5) is 39.3. The molecular weight excluding hydrogens is 336 g/mol. The molecule has 2 fully saturated rings. The van der Waals surface area contributed by atoms with Crippen molar-refractivity contribution >= 4 is 17.8 Å². The molecule has 142 valence electrons. The average molecular weight is 362 g/mol. The molecule has 0 spiro atoms. The number of carboxylic acid groups (broad SMARTS) is 1. The third-order valence-corrected chi connectivity index (χ3v) is 5.48. The van der Waals surface area contributed by atoms with Gasteiger partial charge in [-0.15, -0.1) is 0 Å². The molecular formula is C18H26N4O4. The molecule has 1 N–H and O–H groups in total. The van der Waals surface area contributed by atoms with E-state index in [1.165, 1.54) is 4.90 Å². The number of likely N-dealkylation sites (N-methyl/N-ethyl adjacent to an activating group) is 1. The van der Waals surface area contributed by atoms with E-state index in [1.54, 1.807) is 28.9 Å². The molecule has 1 saturated heterocycles. The van der Waals surface area contributed by atoms with Crippen LogP contribution in [0.2, 0.25) is 0 Å². The molecule has 3 rings (SSSR count). The monoisotopic (exact) mass is 362 g/mol. The van der Waals surface area contributed by atoms with Gasteiger partial charge in [0.2, 0.25) is 5.91 Å². The van der Waals surface area contributed by atoms with E-state index < -0.39 is 5.97 Å². The second-order valence-corrected chi connectivity index (χ2v) is 7.25. The Bertz CT molecular complexity index is 672. The van der Waals surface area contributed by atoms with Gasteiger partial charge in [0.1, 0.15) is 5.69 Å². The van der Waals surface area contributed by atoms with Crippen molar-refractivity contribution < 1.29 is 19.5 Å². The molecule has 0 unspecified atom stereocenters. The number of aromatic nitrogens is 2. The molecule has 0 radical (unpaired) electrons. The Labute approximate surface area is 152 Å². The van der Waals surface area contributed by atoms with Gasteiger partial charge < -0.3 is 14.9 Å². The lowest BCUT2D eigenvalue weighted by molar-refractivity contribution is -0.145. The van der Waals surface area contributed by atoms with Crippen LogP contribution >= 0.6 is 0 Å². The number of hydrogen-bond acceptors (Lipinski definition) is 4. The quantitative estimate of drug-likeness (QED) is 0.854. The van der Waals surface area contributed by atoms with Crippen LogP contribution in [0.15, 0.2) is 12.3 Å². The van der Waals surface area contributed by atoms with Crippen molar-refractivity contribution in [2.45, 2.75) is 44.6 Å². The number of piperidine rings is 1. The maximum Gasteiger partial charge on any atom is 0.306 e. The summed E-state index contributed by atoms with van der Waals surface area (Å²) < 4.78 is 1.80. The van der Waals surface area contributed by atoms with Gasteiger partial charge >= 0.3 is 5.97 Å². The molecule has 1 aliphatic heterocycles. The number of amides is 2. The van der Waals surface area contributed by atoms with E-state index in [4.69, 9.17) is 5.11 Å². The molecule has 1 aliphatic carbocycles. The van der Waals surface area contributed by atoms with Crippen LogP contribution in [0, 0.1) is 5.92 Å². The fraction of sp³-hybridized carbons (Fsp3) is 0.667. The number of carbonyl (C=O) groups is 3. The van der Waals surface area contributed by atoms with E-state index in [9.17, 15) is 14.4 Å². The van der Waals surface area contributed by atoms with Crippen LogP contribution in [0.5, 0.6) is 0 Å². The summed E-state index contributed by atoms with van der Waals surface area (Å²) >= 11 is 0. The smallest absolute Gasteiger partial charge is 0.306 e. The van der Waals surface area contributed by atoms with Crippen LogP contribution < -0.4 is 0 Å². The van der Waals surface area contributed by atoms with Crippen LogP contribution in [0.1, 0.15) is 55.1 Å². The van der Waals surface area contributed by atoms with Gasteiger partial charge in [-0.25, -0.2) is 0 Å². The van der Waals surface area contributed by atoms with Crippen molar-refractivity contribution in [3.63, 3.8) is 0 Å². The summed E-state index contributed by atoms with van der Waals surface area (Å²) in [5, 5.41) is 13.4. The van der Waals surface area contributed by atoms with Crippen LogP contribution in [0.25, 0.3) is 0 Å². The van der Waals surface area contributed by atoms with Gasteiger partial charge in [0.05, 0.1) is 18.5 Å². The van der Waals surface area contributed by atoms with E-state index in [1.807, 2.05) is 0 Å². The highest BCUT2D eigenvalue weighted by Crippen LogP contribution is 2.30. The maximum atomic E-state index is 12.8. The number of nitrogens with zero attached hydrogens (tertiary/aromatic N) is 4. The summed E-state index contributed by atoms with van der Waals surface area (Å²) in [7, 11) is 1.62. The third kappa shape index (κ3) is 3.89. The molecule has 1 aromatic heterocycles. The Morgan fingerprint density at radius 2 is 1.85 bits per heavy atom. The standard InChI is InChI=1S/C18H26N4O4/c1-20(12-16(23)21-10-7-13(8-11-21)18(25)26)17(24)15-6-9-19-22(15)14-4-2-3-5-14/h6,9,13-14H,2-5,7-8,10-12H2,1H3,(H,25,26). The summed E-state index contributed by atoms with van der Waals surface area (Å²) in [5.41, 5.74) is 0.525. The first-order valence-electron chi connectivity index (χ1n) is 9.27. The topological polar surface area (TPSA) is 95.7 Å².